The number of likely N-dealkylation sites (tertiary alicyclic amines) is 1. The van der Waals surface area contributed by atoms with E-state index in [-0.39, 0.29) is 13.2 Å². The molecule has 1 aliphatic rings. The highest BCUT2D eigenvalue weighted by Gasteiger charge is 2.22. The molecule has 1 aliphatic heterocycles. The molecule has 7 heteroatoms. The van der Waals surface area contributed by atoms with Crippen LogP contribution in [0.4, 0.5) is 13.2 Å². The largest absolute Gasteiger partial charge is 0.464 e. The molecule has 0 unspecified atom stereocenters. The fourth-order valence-electron chi connectivity index (χ4n) is 2.51. The standard InChI is InChI=1S/C15H18F3NO2S/c16-13(15(17)18)3-7-21-14(20)9-19-5-1-11(2-6-19)12-4-8-22-10-12/h4,8,10-11H,1-3,5-7,9H2. The van der Waals surface area contributed by atoms with E-state index in [0.29, 0.717) is 5.92 Å². The maximum absolute atomic E-state index is 12.5. The highest BCUT2D eigenvalue weighted by molar-refractivity contribution is 7.07. The van der Waals surface area contributed by atoms with Crippen molar-refractivity contribution < 1.29 is 22.7 Å². The first-order chi connectivity index (χ1) is 10.6. The van der Waals surface area contributed by atoms with E-state index in [1.54, 1.807) is 11.3 Å². The molecule has 2 heterocycles. The summed E-state index contributed by atoms with van der Waals surface area (Å²) in [5.74, 6) is -1.49. The molecule has 0 aromatic carbocycles. The van der Waals surface area contributed by atoms with Gasteiger partial charge in [-0.1, -0.05) is 0 Å². The lowest BCUT2D eigenvalue weighted by molar-refractivity contribution is -0.145. The van der Waals surface area contributed by atoms with Gasteiger partial charge in [0, 0.05) is 6.42 Å². The molecular formula is C15H18F3NO2S. The summed E-state index contributed by atoms with van der Waals surface area (Å²) < 4.78 is 41.0. The van der Waals surface area contributed by atoms with Crippen molar-refractivity contribution in [3.63, 3.8) is 0 Å². The second kappa shape index (κ2) is 8.33. The van der Waals surface area contributed by atoms with E-state index in [9.17, 15) is 18.0 Å². The molecule has 0 N–H and O–H groups in total. The lowest BCUT2D eigenvalue weighted by Gasteiger charge is -2.30. The number of carbonyl (C=O) groups excluding carboxylic acids is 1. The van der Waals surface area contributed by atoms with Crippen LogP contribution in [0.5, 0.6) is 0 Å². The Hall–Kier alpha value is -1.34. The van der Waals surface area contributed by atoms with Gasteiger partial charge in [-0.05, 0) is 54.2 Å². The summed E-state index contributed by atoms with van der Waals surface area (Å²) in [6.45, 7) is 1.36. The van der Waals surface area contributed by atoms with Crippen LogP contribution in [0.2, 0.25) is 0 Å². The Balaban J connectivity index is 1.65. The number of ether oxygens (including phenoxy) is 1. The topological polar surface area (TPSA) is 29.5 Å². The molecule has 0 amide bonds. The van der Waals surface area contributed by atoms with Gasteiger partial charge in [0.15, 0.2) is 5.83 Å². The summed E-state index contributed by atoms with van der Waals surface area (Å²) in [5, 5.41) is 4.22. The van der Waals surface area contributed by atoms with Gasteiger partial charge in [-0.15, -0.1) is 0 Å². The molecule has 1 aromatic heterocycles. The van der Waals surface area contributed by atoms with Crippen LogP contribution in [0.1, 0.15) is 30.7 Å². The van der Waals surface area contributed by atoms with Crippen molar-refractivity contribution >= 4 is 17.3 Å². The van der Waals surface area contributed by atoms with Gasteiger partial charge in [0.25, 0.3) is 0 Å². The zero-order valence-corrected chi connectivity index (χ0v) is 12.9. The number of piperidine rings is 1. The van der Waals surface area contributed by atoms with Crippen LogP contribution in [-0.4, -0.2) is 37.1 Å². The summed E-state index contributed by atoms with van der Waals surface area (Å²) in [5.41, 5.74) is 1.35. The van der Waals surface area contributed by atoms with E-state index in [1.807, 2.05) is 4.90 Å². The predicted molar refractivity (Wildman–Crippen MR) is 78.7 cm³/mol. The second-order valence-corrected chi connectivity index (χ2v) is 6.02. The van der Waals surface area contributed by atoms with Crippen molar-refractivity contribution in [2.75, 3.05) is 26.2 Å². The fourth-order valence-corrected chi connectivity index (χ4v) is 3.25. The number of hydrogen-bond acceptors (Lipinski definition) is 4. The molecule has 1 aromatic rings. The molecular weight excluding hydrogens is 315 g/mol. The molecule has 122 valence electrons. The number of rotatable bonds is 6. The second-order valence-electron chi connectivity index (χ2n) is 5.24. The molecule has 0 atom stereocenters. The average molecular weight is 333 g/mol. The van der Waals surface area contributed by atoms with Crippen LogP contribution in [0, 0.1) is 0 Å². The fraction of sp³-hybridized carbons (Fsp3) is 0.533. The highest BCUT2D eigenvalue weighted by Crippen LogP contribution is 2.29. The number of esters is 1. The minimum atomic E-state index is -2.36. The number of hydrogen-bond donors (Lipinski definition) is 0. The Labute approximate surface area is 131 Å². The van der Waals surface area contributed by atoms with Gasteiger partial charge >= 0.3 is 12.0 Å². The summed E-state index contributed by atoms with van der Waals surface area (Å²) in [7, 11) is 0. The first kappa shape index (κ1) is 17.0. The van der Waals surface area contributed by atoms with Crippen LogP contribution in [-0.2, 0) is 9.53 Å². The third kappa shape index (κ3) is 5.14. The maximum atomic E-state index is 12.5. The van der Waals surface area contributed by atoms with Crippen molar-refractivity contribution in [3.8, 4) is 0 Å². The molecule has 0 spiro atoms. The van der Waals surface area contributed by atoms with E-state index in [4.69, 9.17) is 4.74 Å². The van der Waals surface area contributed by atoms with Gasteiger partial charge in [0.05, 0.1) is 13.2 Å². The van der Waals surface area contributed by atoms with Crippen molar-refractivity contribution in [2.24, 2.45) is 0 Å². The Morgan fingerprint density at radius 2 is 2.05 bits per heavy atom. The van der Waals surface area contributed by atoms with E-state index >= 15 is 0 Å². The lowest BCUT2D eigenvalue weighted by atomic mass is 9.91. The Bertz CT molecular complexity index is 507. The van der Waals surface area contributed by atoms with E-state index in [1.165, 1.54) is 5.56 Å². The molecule has 0 radical (unpaired) electrons. The molecule has 0 bridgehead atoms. The summed E-state index contributed by atoms with van der Waals surface area (Å²) in [4.78, 5) is 13.6. The Kier molecular flexibility index (Phi) is 6.45. The molecule has 3 nitrogen and oxygen atoms in total. The van der Waals surface area contributed by atoms with Gasteiger partial charge in [0.2, 0.25) is 0 Å². The van der Waals surface area contributed by atoms with Crippen LogP contribution in [0.15, 0.2) is 28.7 Å². The van der Waals surface area contributed by atoms with Gasteiger partial charge < -0.3 is 4.74 Å². The number of nitrogens with zero attached hydrogens (tertiary/aromatic N) is 1. The molecule has 0 saturated carbocycles. The zero-order valence-electron chi connectivity index (χ0n) is 12.1. The quantitative estimate of drug-likeness (QED) is 0.739. The highest BCUT2D eigenvalue weighted by atomic mass is 32.1. The first-order valence-electron chi connectivity index (χ1n) is 7.16. The molecule has 0 aliphatic carbocycles. The summed E-state index contributed by atoms with van der Waals surface area (Å²) >= 11 is 1.68. The van der Waals surface area contributed by atoms with E-state index in [0.717, 1.165) is 25.9 Å². The summed E-state index contributed by atoms with van der Waals surface area (Å²) in [6, 6.07) is 2.13. The SMILES string of the molecule is O=C(CN1CCC(c2ccsc2)CC1)OCCC(F)=C(F)F. The number of thiophene rings is 1. The monoisotopic (exact) mass is 333 g/mol. The normalized spacial score (nSPS) is 16.5. The third-order valence-electron chi connectivity index (χ3n) is 3.74. The van der Waals surface area contributed by atoms with Gasteiger partial charge in [-0.2, -0.15) is 20.1 Å². The zero-order chi connectivity index (χ0) is 15.9. The van der Waals surface area contributed by atoms with E-state index in [2.05, 4.69) is 16.8 Å². The maximum Gasteiger partial charge on any atom is 0.320 e. The molecule has 2 rings (SSSR count). The molecule has 1 fully saturated rings. The van der Waals surface area contributed by atoms with Gasteiger partial charge in [0.1, 0.15) is 0 Å². The predicted octanol–water partition coefficient (Wildman–Crippen LogP) is 3.94. The lowest BCUT2D eigenvalue weighted by Crippen LogP contribution is -2.37. The van der Waals surface area contributed by atoms with Crippen LogP contribution >= 0.6 is 11.3 Å². The van der Waals surface area contributed by atoms with E-state index < -0.39 is 24.3 Å². The molecule has 1 saturated heterocycles. The van der Waals surface area contributed by atoms with Crippen molar-refractivity contribution in [2.45, 2.75) is 25.2 Å². The summed E-state index contributed by atoms with van der Waals surface area (Å²) in [6.07, 6.45) is -0.969. The van der Waals surface area contributed by atoms with Crippen molar-refractivity contribution in [3.05, 3.63) is 34.3 Å². The van der Waals surface area contributed by atoms with Crippen LogP contribution < -0.4 is 0 Å². The van der Waals surface area contributed by atoms with Crippen molar-refractivity contribution in [1.82, 2.24) is 4.90 Å². The van der Waals surface area contributed by atoms with Crippen LogP contribution in [0.3, 0.4) is 0 Å². The minimum absolute atomic E-state index is 0.125. The number of carbonyl (C=O) groups is 1. The third-order valence-corrected chi connectivity index (χ3v) is 4.45. The first-order valence-corrected chi connectivity index (χ1v) is 8.10. The van der Waals surface area contributed by atoms with Gasteiger partial charge in [-0.25, -0.2) is 4.39 Å². The molecule has 22 heavy (non-hydrogen) atoms. The number of halogens is 3. The smallest absolute Gasteiger partial charge is 0.320 e. The van der Waals surface area contributed by atoms with Crippen LogP contribution in [0.25, 0.3) is 0 Å². The average Bonchev–Trinajstić information content (AvgIpc) is 3.02. The minimum Gasteiger partial charge on any atom is -0.464 e. The van der Waals surface area contributed by atoms with Crippen molar-refractivity contribution in [1.29, 1.82) is 0 Å². The van der Waals surface area contributed by atoms with Gasteiger partial charge in [-0.3, -0.25) is 9.69 Å². The Morgan fingerprint density at radius 1 is 1.32 bits per heavy atom. The Morgan fingerprint density at radius 3 is 2.64 bits per heavy atom.